The van der Waals surface area contributed by atoms with Crippen LogP contribution in [0, 0.1) is 0 Å². The van der Waals surface area contributed by atoms with Crippen LogP contribution in [-0.2, 0) is 24.1 Å². The minimum absolute atomic E-state index is 0.0687. The molecule has 28 heavy (non-hydrogen) atoms. The highest BCUT2D eigenvalue weighted by Crippen LogP contribution is 2.25. The molecule has 5 nitrogen and oxygen atoms in total. The summed E-state index contributed by atoms with van der Waals surface area (Å²) in [4.78, 5) is 16.0. The minimum Gasteiger partial charge on any atom is -0.339 e. The molecule has 1 aliphatic rings. The molecule has 0 unspecified atom stereocenters. The van der Waals surface area contributed by atoms with E-state index in [-0.39, 0.29) is 5.91 Å². The van der Waals surface area contributed by atoms with Crippen molar-refractivity contribution in [2.24, 2.45) is 0 Å². The lowest BCUT2D eigenvalue weighted by atomic mass is 10.0. The molecule has 0 fully saturated rings. The Morgan fingerprint density at radius 3 is 2.79 bits per heavy atom. The van der Waals surface area contributed by atoms with Gasteiger partial charge in [-0.05, 0) is 46.9 Å². The number of aryl methyl sites for hydroxylation is 2. The van der Waals surface area contributed by atoms with E-state index in [1.54, 1.807) is 0 Å². The van der Waals surface area contributed by atoms with Crippen LogP contribution in [0.1, 0.15) is 23.4 Å². The Balaban J connectivity index is 1.24. The molecule has 0 aliphatic carbocycles. The summed E-state index contributed by atoms with van der Waals surface area (Å²) in [7, 11) is 0. The largest absolute Gasteiger partial charge is 0.339 e. The summed E-state index contributed by atoms with van der Waals surface area (Å²) in [5.41, 5.74) is 4.21. The van der Waals surface area contributed by atoms with Gasteiger partial charge < -0.3 is 9.84 Å². The van der Waals surface area contributed by atoms with Crippen LogP contribution in [0.2, 0.25) is 0 Å². The van der Waals surface area contributed by atoms with Gasteiger partial charge in [-0.15, -0.1) is 0 Å². The molecule has 3 aromatic carbocycles. The topological polar surface area (TPSA) is 68.0 Å². The lowest BCUT2D eigenvalue weighted by Crippen LogP contribution is -2.03. The second kappa shape index (κ2) is 6.93. The third kappa shape index (κ3) is 3.27. The molecule has 1 aromatic heterocycles. The van der Waals surface area contributed by atoms with Crippen molar-refractivity contribution >= 4 is 22.4 Å². The number of rotatable bonds is 5. The molecule has 0 saturated carbocycles. The number of hydrogen-bond acceptors (Lipinski definition) is 4. The quantitative estimate of drug-likeness (QED) is 0.560. The smallest absolute Gasteiger partial charge is 0.228 e. The van der Waals surface area contributed by atoms with Gasteiger partial charge in [0.1, 0.15) is 0 Å². The van der Waals surface area contributed by atoms with Crippen molar-refractivity contribution in [3.05, 3.63) is 77.7 Å². The zero-order valence-corrected chi connectivity index (χ0v) is 15.3. The van der Waals surface area contributed by atoms with E-state index in [0.29, 0.717) is 18.1 Å². The maximum Gasteiger partial charge on any atom is 0.228 e. The second-order valence-corrected chi connectivity index (χ2v) is 7.14. The number of benzene rings is 3. The zero-order valence-electron chi connectivity index (χ0n) is 15.3. The SMILES string of the molecule is O=C1Cc2cc(CCCc3nc(-c4ccc5ccccc5c4)no3)ccc2N1. The molecule has 2 heterocycles. The Bertz CT molecular complexity index is 1180. The lowest BCUT2D eigenvalue weighted by molar-refractivity contribution is -0.115. The number of amides is 1. The van der Waals surface area contributed by atoms with Crippen LogP contribution in [0.5, 0.6) is 0 Å². The van der Waals surface area contributed by atoms with Gasteiger partial charge in [0.15, 0.2) is 0 Å². The highest BCUT2D eigenvalue weighted by Gasteiger charge is 2.17. The number of aromatic nitrogens is 2. The number of hydrogen-bond donors (Lipinski definition) is 1. The number of nitrogens with zero attached hydrogens (tertiary/aromatic N) is 2. The summed E-state index contributed by atoms with van der Waals surface area (Å²) in [6.07, 6.45) is 3.03. The fourth-order valence-corrected chi connectivity index (χ4v) is 3.68. The Morgan fingerprint density at radius 1 is 0.964 bits per heavy atom. The molecule has 4 aromatic rings. The molecule has 0 spiro atoms. The predicted octanol–water partition coefficient (Wildman–Crippen LogP) is 4.56. The highest BCUT2D eigenvalue weighted by atomic mass is 16.5. The monoisotopic (exact) mass is 369 g/mol. The molecule has 0 atom stereocenters. The van der Waals surface area contributed by atoms with Crippen LogP contribution < -0.4 is 5.32 Å². The van der Waals surface area contributed by atoms with Crippen LogP contribution in [0.4, 0.5) is 5.69 Å². The van der Waals surface area contributed by atoms with Gasteiger partial charge in [-0.3, -0.25) is 4.79 Å². The van der Waals surface area contributed by atoms with Gasteiger partial charge in [-0.2, -0.15) is 4.98 Å². The first-order valence-corrected chi connectivity index (χ1v) is 9.48. The maximum atomic E-state index is 11.5. The van der Waals surface area contributed by atoms with E-state index in [4.69, 9.17) is 4.52 Å². The molecule has 0 radical (unpaired) electrons. The van der Waals surface area contributed by atoms with Crippen LogP contribution in [0.3, 0.4) is 0 Å². The van der Waals surface area contributed by atoms with Crippen molar-refractivity contribution in [1.82, 2.24) is 10.1 Å². The molecule has 5 rings (SSSR count). The number of carbonyl (C=O) groups is 1. The average molecular weight is 369 g/mol. The van der Waals surface area contributed by atoms with Crippen LogP contribution in [-0.4, -0.2) is 16.0 Å². The van der Waals surface area contributed by atoms with Crippen molar-refractivity contribution in [2.45, 2.75) is 25.7 Å². The molecule has 138 valence electrons. The van der Waals surface area contributed by atoms with Gasteiger partial charge in [0.25, 0.3) is 0 Å². The molecular formula is C23H19N3O2. The second-order valence-electron chi connectivity index (χ2n) is 7.14. The Hall–Kier alpha value is -3.47. The molecular weight excluding hydrogens is 350 g/mol. The molecule has 1 aliphatic heterocycles. The lowest BCUT2D eigenvalue weighted by Gasteiger charge is -2.03. The molecule has 1 N–H and O–H groups in total. The number of anilines is 1. The van der Waals surface area contributed by atoms with Gasteiger partial charge in [-0.1, -0.05) is 53.7 Å². The average Bonchev–Trinajstić information content (AvgIpc) is 3.33. The van der Waals surface area contributed by atoms with E-state index >= 15 is 0 Å². The fourth-order valence-electron chi connectivity index (χ4n) is 3.68. The fraction of sp³-hybridized carbons (Fsp3) is 0.174. The van der Waals surface area contributed by atoms with E-state index in [1.165, 1.54) is 10.9 Å². The minimum atomic E-state index is 0.0687. The Labute approximate surface area is 162 Å². The van der Waals surface area contributed by atoms with Gasteiger partial charge in [0.05, 0.1) is 6.42 Å². The van der Waals surface area contributed by atoms with E-state index in [0.717, 1.165) is 41.5 Å². The molecule has 5 heteroatoms. The number of carbonyl (C=O) groups excluding carboxylic acids is 1. The van der Waals surface area contributed by atoms with Crippen molar-refractivity contribution in [2.75, 3.05) is 5.32 Å². The number of fused-ring (bicyclic) bond motifs is 2. The molecule has 0 saturated heterocycles. The van der Waals surface area contributed by atoms with Crippen LogP contribution in [0.25, 0.3) is 22.2 Å². The summed E-state index contributed by atoms with van der Waals surface area (Å²) < 4.78 is 5.44. The molecule has 0 bridgehead atoms. The summed E-state index contributed by atoms with van der Waals surface area (Å²) in [5.74, 6) is 1.35. The van der Waals surface area contributed by atoms with Crippen molar-refractivity contribution in [3.8, 4) is 11.4 Å². The van der Waals surface area contributed by atoms with Gasteiger partial charge >= 0.3 is 0 Å². The molecule has 1 amide bonds. The Morgan fingerprint density at radius 2 is 1.86 bits per heavy atom. The van der Waals surface area contributed by atoms with Gasteiger partial charge in [0, 0.05) is 17.7 Å². The first-order chi connectivity index (χ1) is 13.7. The normalized spacial score (nSPS) is 12.9. The summed E-state index contributed by atoms with van der Waals surface area (Å²) in [6, 6.07) is 20.6. The van der Waals surface area contributed by atoms with E-state index in [1.807, 2.05) is 24.3 Å². The van der Waals surface area contributed by atoms with Crippen LogP contribution in [0.15, 0.2) is 65.2 Å². The predicted molar refractivity (Wildman–Crippen MR) is 108 cm³/mol. The third-order valence-electron chi connectivity index (χ3n) is 5.13. The van der Waals surface area contributed by atoms with Crippen LogP contribution >= 0.6 is 0 Å². The zero-order chi connectivity index (χ0) is 18.9. The van der Waals surface area contributed by atoms with Gasteiger partial charge in [0.2, 0.25) is 17.6 Å². The van der Waals surface area contributed by atoms with E-state index in [9.17, 15) is 4.79 Å². The van der Waals surface area contributed by atoms with Gasteiger partial charge in [-0.25, -0.2) is 0 Å². The third-order valence-corrected chi connectivity index (χ3v) is 5.13. The standard InChI is InChI=1S/C23H19N3O2/c27-21-14-19-12-15(8-11-20(19)24-21)4-3-7-22-25-23(26-28-22)18-10-9-16-5-1-2-6-17(16)13-18/h1-2,5-6,8-13H,3-4,7,14H2,(H,24,27). The number of nitrogens with one attached hydrogen (secondary N) is 1. The maximum absolute atomic E-state index is 11.5. The summed E-state index contributed by atoms with van der Waals surface area (Å²) in [6.45, 7) is 0. The summed E-state index contributed by atoms with van der Waals surface area (Å²) in [5, 5.41) is 9.36. The van der Waals surface area contributed by atoms with Crippen molar-refractivity contribution in [1.29, 1.82) is 0 Å². The first kappa shape index (κ1) is 16.7. The Kier molecular flexibility index (Phi) is 4.13. The van der Waals surface area contributed by atoms with E-state index < -0.39 is 0 Å². The highest BCUT2D eigenvalue weighted by molar-refractivity contribution is 5.99. The van der Waals surface area contributed by atoms with Crippen molar-refractivity contribution < 1.29 is 9.32 Å². The van der Waals surface area contributed by atoms with E-state index in [2.05, 4.69) is 51.9 Å². The van der Waals surface area contributed by atoms with Crippen molar-refractivity contribution in [3.63, 3.8) is 0 Å². The summed E-state index contributed by atoms with van der Waals surface area (Å²) >= 11 is 0. The first-order valence-electron chi connectivity index (χ1n) is 9.48.